The molecule has 3 rings (SSSR count). The van der Waals surface area contributed by atoms with E-state index in [1.165, 1.54) is 0 Å². The SMILES string of the molecule is O=C(CCNC(=O)c1ccc(Br)cc1)NCc1nnc2ccccn12. The second-order valence-electron chi connectivity index (χ2n) is 5.33. The van der Waals surface area contributed by atoms with Crippen LogP contribution in [-0.4, -0.2) is 33.0 Å². The smallest absolute Gasteiger partial charge is 0.251 e. The van der Waals surface area contributed by atoms with Crippen LogP contribution in [0.4, 0.5) is 0 Å². The molecule has 8 heteroatoms. The lowest BCUT2D eigenvalue weighted by Gasteiger charge is -2.06. The second kappa shape index (κ2) is 7.89. The number of hydrogen-bond acceptors (Lipinski definition) is 4. The van der Waals surface area contributed by atoms with E-state index < -0.39 is 0 Å². The molecule has 0 aliphatic carbocycles. The van der Waals surface area contributed by atoms with E-state index >= 15 is 0 Å². The Morgan fingerprint density at radius 2 is 1.84 bits per heavy atom. The van der Waals surface area contributed by atoms with Crippen molar-refractivity contribution < 1.29 is 9.59 Å². The Morgan fingerprint density at radius 3 is 2.64 bits per heavy atom. The van der Waals surface area contributed by atoms with Crippen LogP contribution in [0.25, 0.3) is 5.65 Å². The Morgan fingerprint density at radius 1 is 1.04 bits per heavy atom. The molecule has 2 heterocycles. The Bertz CT molecular complexity index is 891. The lowest BCUT2D eigenvalue weighted by atomic mass is 10.2. The van der Waals surface area contributed by atoms with Gasteiger partial charge in [-0.1, -0.05) is 22.0 Å². The van der Waals surface area contributed by atoms with Crippen LogP contribution in [0.3, 0.4) is 0 Å². The van der Waals surface area contributed by atoms with E-state index in [1.54, 1.807) is 24.3 Å². The molecule has 0 aliphatic heterocycles. The Labute approximate surface area is 152 Å². The second-order valence-corrected chi connectivity index (χ2v) is 6.25. The number of fused-ring (bicyclic) bond motifs is 1. The summed E-state index contributed by atoms with van der Waals surface area (Å²) >= 11 is 3.32. The molecule has 0 radical (unpaired) electrons. The summed E-state index contributed by atoms with van der Waals surface area (Å²) in [6.45, 7) is 0.548. The normalized spacial score (nSPS) is 10.6. The fraction of sp³-hybridized carbons (Fsp3) is 0.176. The van der Waals surface area contributed by atoms with Crippen molar-refractivity contribution in [2.45, 2.75) is 13.0 Å². The molecule has 7 nitrogen and oxygen atoms in total. The van der Waals surface area contributed by atoms with Crippen molar-refractivity contribution in [2.75, 3.05) is 6.54 Å². The molecule has 128 valence electrons. The molecule has 0 unspecified atom stereocenters. The summed E-state index contributed by atoms with van der Waals surface area (Å²) in [4.78, 5) is 23.9. The molecule has 0 saturated heterocycles. The molecule has 2 amide bonds. The number of halogens is 1. The molecule has 1 aromatic carbocycles. The highest BCUT2D eigenvalue weighted by molar-refractivity contribution is 9.10. The maximum atomic E-state index is 11.9. The average molecular weight is 402 g/mol. The number of hydrogen-bond donors (Lipinski definition) is 2. The predicted octanol–water partition coefficient (Wildman–Crippen LogP) is 1.93. The van der Waals surface area contributed by atoms with Gasteiger partial charge in [0.05, 0.1) is 6.54 Å². The van der Waals surface area contributed by atoms with Gasteiger partial charge in [-0.2, -0.15) is 0 Å². The summed E-state index contributed by atoms with van der Waals surface area (Å²) < 4.78 is 2.72. The van der Waals surface area contributed by atoms with Crippen LogP contribution < -0.4 is 10.6 Å². The minimum absolute atomic E-state index is 0.163. The third-order valence-electron chi connectivity index (χ3n) is 3.57. The highest BCUT2D eigenvalue weighted by Crippen LogP contribution is 2.10. The number of rotatable bonds is 6. The Kier molecular flexibility index (Phi) is 5.39. The van der Waals surface area contributed by atoms with Crippen molar-refractivity contribution in [3.8, 4) is 0 Å². The average Bonchev–Trinajstić information content (AvgIpc) is 3.03. The Hall–Kier alpha value is -2.74. The first-order valence-corrected chi connectivity index (χ1v) is 8.52. The van der Waals surface area contributed by atoms with Crippen molar-refractivity contribution >= 4 is 33.4 Å². The number of nitrogens with one attached hydrogen (secondary N) is 2. The van der Waals surface area contributed by atoms with Crippen LogP contribution in [0.1, 0.15) is 22.6 Å². The molecular formula is C17H16BrN5O2. The molecule has 0 fully saturated rings. The minimum Gasteiger partial charge on any atom is -0.352 e. The van der Waals surface area contributed by atoms with Crippen molar-refractivity contribution in [1.29, 1.82) is 0 Å². The van der Waals surface area contributed by atoms with Crippen LogP contribution in [0.5, 0.6) is 0 Å². The summed E-state index contributed by atoms with van der Waals surface area (Å²) in [5, 5.41) is 13.6. The highest BCUT2D eigenvalue weighted by atomic mass is 79.9. The summed E-state index contributed by atoms with van der Waals surface area (Å²) in [6.07, 6.45) is 2.04. The first-order chi connectivity index (χ1) is 12.1. The van der Waals surface area contributed by atoms with Gasteiger partial charge in [0.2, 0.25) is 5.91 Å². The zero-order chi connectivity index (χ0) is 17.6. The van der Waals surface area contributed by atoms with Crippen LogP contribution in [0, 0.1) is 0 Å². The molecule has 0 spiro atoms. The molecule has 0 atom stereocenters. The summed E-state index contributed by atoms with van der Waals surface area (Å²) in [7, 11) is 0. The number of aromatic nitrogens is 3. The van der Waals surface area contributed by atoms with Gasteiger partial charge in [0.15, 0.2) is 11.5 Å². The van der Waals surface area contributed by atoms with Crippen LogP contribution >= 0.6 is 15.9 Å². The standard InChI is InChI=1S/C17H16BrN5O2/c18-13-6-4-12(5-7-13)17(25)19-9-8-16(24)20-11-15-22-21-14-3-1-2-10-23(14)15/h1-7,10H,8-9,11H2,(H,19,25)(H,20,24). The third kappa shape index (κ3) is 4.42. The predicted molar refractivity (Wildman–Crippen MR) is 95.9 cm³/mol. The van der Waals surface area contributed by atoms with E-state index in [4.69, 9.17) is 0 Å². The zero-order valence-electron chi connectivity index (χ0n) is 13.3. The monoisotopic (exact) mass is 401 g/mol. The lowest BCUT2D eigenvalue weighted by molar-refractivity contribution is -0.121. The number of pyridine rings is 1. The van der Waals surface area contributed by atoms with Gasteiger partial charge < -0.3 is 10.6 Å². The van der Waals surface area contributed by atoms with E-state index in [0.717, 1.165) is 10.1 Å². The van der Waals surface area contributed by atoms with E-state index in [-0.39, 0.29) is 31.3 Å². The quantitative estimate of drug-likeness (QED) is 0.660. The van der Waals surface area contributed by atoms with Gasteiger partial charge in [0.1, 0.15) is 0 Å². The van der Waals surface area contributed by atoms with Gasteiger partial charge in [0.25, 0.3) is 5.91 Å². The van der Waals surface area contributed by atoms with Crippen molar-refractivity contribution in [1.82, 2.24) is 25.2 Å². The first-order valence-electron chi connectivity index (χ1n) is 7.72. The Balaban J connectivity index is 1.44. The minimum atomic E-state index is -0.205. The third-order valence-corrected chi connectivity index (χ3v) is 4.10. The van der Waals surface area contributed by atoms with E-state index in [0.29, 0.717) is 11.4 Å². The number of carbonyl (C=O) groups excluding carboxylic acids is 2. The molecular weight excluding hydrogens is 386 g/mol. The molecule has 2 aromatic heterocycles. The number of carbonyl (C=O) groups is 2. The van der Waals surface area contributed by atoms with Gasteiger partial charge in [0, 0.05) is 29.2 Å². The molecule has 0 aliphatic rings. The summed E-state index contributed by atoms with van der Waals surface area (Å²) in [6, 6.07) is 12.6. The van der Waals surface area contributed by atoms with Gasteiger partial charge in [-0.25, -0.2) is 0 Å². The number of amides is 2. The first kappa shape index (κ1) is 17.1. The maximum Gasteiger partial charge on any atom is 0.251 e. The summed E-state index contributed by atoms with van der Waals surface area (Å²) in [5.41, 5.74) is 1.28. The van der Waals surface area contributed by atoms with Crippen molar-refractivity contribution in [3.63, 3.8) is 0 Å². The van der Waals surface area contributed by atoms with Gasteiger partial charge in [-0.15, -0.1) is 10.2 Å². The number of nitrogens with zero attached hydrogens (tertiary/aromatic N) is 3. The van der Waals surface area contributed by atoms with E-state index in [2.05, 4.69) is 36.8 Å². The fourth-order valence-electron chi connectivity index (χ4n) is 2.27. The van der Waals surface area contributed by atoms with Crippen LogP contribution in [0.15, 0.2) is 53.1 Å². The van der Waals surface area contributed by atoms with Gasteiger partial charge >= 0.3 is 0 Å². The number of benzene rings is 1. The topological polar surface area (TPSA) is 88.4 Å². The van der Waals surface area contributed by atoms with Crippen molar-refractivity contribution in [3.05, 3.63) is 64.5 Å². The molecule has 0 saturated carbocycles. The van der Waals surface area contributed by atoms with Gasteiger partial charge in [-0.3, -0.25) is 14.0 Å². The lowest BCUT2D eigenvalue weighted by Crippen LogP contribution is -2.30. The maximum absolute atomic E-state index is 11.9. The molecule has 3 aromatic rings. The molecule has 25 heavy (non-hydrogen) atoms. The van der Waals surface area contributed by atoms with Crippen LogP contribution in [-0.2, 0) is 11.3 Å². The van der Waals surface area contributed by atoms with Gasteiger partial charge in [-0.05, 0) is 36.4 Å². The van der Waals surface area contributed by atoms with E-state index in [1.807, 2.05) is 28.8 Å². The van der Waals surface area contributed by atoms with E-state index in [9.17, 15) is 9.59 Å². The fourth-order valence-corrected chi connectivity index (χ4v) is 2.53. The zero-order valence-corrected chi connectivity index (χ0v) is 14.9. The molecule has 0 bridgehead atoms. The van der Waals surface area contributed by atoms with Crippen molar-refractivity contribution in [2.24, 2.45) is 0 Å². The molecule has 2 N–H and O–H groups in total. The summed E-state index contributed by atoms with van der Waals surface area (Å²) in [5.74, 6) is 0.287. The van der Waals surface area contributed by atoms with Crippen LogP contribution in [0.2, 0.25) is 0 Å². The highest BCUT2D eigenvalue weighted by Gasteiger charge is 2.08. The largest absolute Gasteiger partial charge is 0.352 e.